The van der Waals surface area contributed by atoms with Crippen molar-refractivity contribution in [2.45, 2.75) is 0 Å². The van der Waals surface area contributed by atoms with Crippen molar-refractivity contribution in [2.75, 3.05) is 0 Å². The maximum absolute atomic E-state index is 11.9. The quantitative estimate of drug-likeness (QED) is 0.298. The smallest absolute Gasteiger partial charge is 0.367 e. The number of rotatable bonds is 4. The van der Waals surface area contributed by atoms with E-state index < -0.39 is 10.9 Å². The molecule has 0 bridgehead atoms. The Bertz CT molecular complexity index is 791. The van der Waals surface area contributed by atoms with Crippen molar-refractivity contribution in [1.82, 2.24) is 0 Å². The van der Waals surface area contributed by atoms with Crippen LogP contribution in [0.4, 0.5) is 5.69 Å². The summed E-state index contributed by atoms with van der Waals surface area (Å²) in [7, 11) is 0. The van der Waals surface area contributed by atoms with Gasteiger partial charge in [0.05, 0.1) is 15.5 Å². The van der Waals surface area contributed by atoms with Gasteiger partial charge in [0, 0.05) is 22.7 Å². The van der Waals surface area contributed by atoms with Gasteiger partial charge in [-0.25, -0.2) is 4.79 Å². The van der Waals surface area contributed by atoms with Crippen LogP contribution in [-0.2, 0) is 4.84 Å². The van der Waals surface area contributed by atoms with Crippen LogP contribution in [0.3, 0.4) is 0 Å². The molecule has 0 spiro atoms. The van der Waals surface area contributed by atoms with Crippen molar-refractivity contribution < 1.29 is 14.6 Å². The first-order chi connectivity index (χ1) is 10.9. The van der Waals surface area contributed by atoms with E-state index in [0.29, 0.717) is 10.6 Å². The molecule has 118 valence electrons. The average molecular weight is 354 g/mol. The number of nitro groups is 1. The third-order valence-electron chi connectivity index (χ3n) is 2.75. The van der Waals surface area contributed by atoms with Crippen molar-refractivity contribution in [1.29, 1.82) is 0 Å². The second-order valence-corrected chi connectivity index (χ2v) is 5.13. The van der Waals surface area contributed by atoms with Crippen molar-refractivity contribution in [3.8, 4) is 0 Å². The highest BCUT2D eigenvalue weighted by Crippen LogP contribution is 2.21. The molecule has 2 aromatic carbocycles. The van der Waals surface area contributed by atoms with E-state index >= 15 is 0 Å². The Morgan fingerprint density at radius 1 is 1.17 bits per heavy atom. The van der Waals surface area contributed by atoms with E-state index in [4.69, 9.17) is 33.8 Å². The molecule has 0 heterocycles. The fourth-order valence-electron chi connectivity index (χ4n) is 1.60. The summed E-state index contributed by atoms with van der Waals surface area (Å²) in [6, 6.07) is 9.60. The van der Waals surface area contributed by atoms with Crippen LogP contribution in [0.2, 0.25) is 10.0 Å². The third-order valence-corrected chi connectivity index (χ3v) is 3.31. The molecule has 0 amide bonds. The largest absolute Gasteiger partial charge is 0.380 e. The molecule has 0 unspecified atom stereocenters. The molecule has 0 fully saturated rings. The van der Waals surface area contributed by atoms with Crippen LogP contribution < -0.4 is 5.73 Å². The Labute approximate surface area is 140 Å². The molecule has 2 aromatic rings. The Kier molecular flexibility index (Phi) is 5.15. The Hall–Kier alpha value is -2.64. The molecule has 0 atom stereocenters. The van der Waals surface area contributed by atoms with Crippen LogP contribution in [0.5, 0.6) is 0 Å². The molecule has 23 heavy (non-hydrogen) atoms. The number of halogens is 2. The molecular weight excluding hydrogens is 345 g/mol. The molecule has 2 rings (SSSR count). The maximum Gasteiger partial charge on any atom is 0.367 e. The number of amidine groups is 1. The number of non-ortho nitro benzene ring substituents is 1. The average Bonchev–Trinajstić information content (AvgIpc) is 2.54. The number of hydrogen-bond acceptors (Lipinski definition) is 5. The maximum atomic E-state index is 11.9. The number of hydrogen-bond donors (Lipinski definition) is 1. The zero-order valence-electron chi connectivity index (χ0n) is 11.4. The number of nitro benzene ring substituents is 1. The molecule has 7 nitrogen and oxygen atoms in total. The second-order valence-electron chi connectivity index (χ2n) is 4.28. The Morgan fingerprint density at radius 3 is 2.43 bits per heavy atom. The third kappa shape index (κ3) is 4.18. The van der Waals surface area contributed by atoms with E-state index in [1.165, 1.54) is 42.5 Å². The van der Waals surface area contributed by atoms with Gasteiger partial charge in [-0.3, -0.25) is 10.1 Å². The number of nitrogens with two attached hydrogens (primary N) is 1. The summed E-state index contributed by atoms with van der Waals surface area (Å²) in [6.07, 6.45) is 0. The molecule has 0 saturated heterocycles. The van der Waals surface area contributed by atoms with Crippen molar-refractivity contribution in [3.05, 3.63) is 73.8 Å². The lowest BCUT2D eigenvalue weighted by Crippen LogP contribution is -2.15. The monoisotopic (exact) mass is 353 g/mol. The van der Waals surface area contributed by atoms with Crippen LogP contribution in [0.1, 0.15) is 15.9 Å². The standard InChI is InChI=1S/C14H9Cl2N3O4/c15-9-3-6-12(16)11(7-9)14(20)23-18-13(17)8-1-4-10(5-2-8)19(21)22/h1-7H,(H2,17,18). The van der Waals surface area contributed by atoms with Crippen LogP contribution in [0, 0.1) is 10.1 Å². The van der Waals surface area contributed by atoms with Gasteiger partial charge in [0.2, 0.25) is 0 Å². The molecule has 2 N–H and O–H groups in total. The van der Waals surface area contributed by atoms with E-state index in [-0.39, 0.29) is 22.1 Å². The summed E-state index contributed by atoms with van der Waals surface area (Å²) < 4.78 is 0. The highest BCUT2D eigenvalue weighted by Gasteiger charge is 2.13. The summed E-state index contributed by atoms with van der Waals surface area (Å²) >= 11 is 11.6. The summed E-state index contributed by atoms with van der Waals surface area (Å²) in [4.78, 5) is 26.6. The summed E-state index contributed by atoms with van der Waals surface area (Å²) in [5.74, 6) is -0.950. The molecule has 0 radical (unpaired) electrons. The molecule has 0 aliphatic heterocycles. The van der Waals surface area contributed by atoms with Gasteiger partial charge in [0.25, 0.3) is 5.69 Å². The van der Waals surface area contributed by atoms with Gasteiger partial charge in [-0.2, -0.15) is 0 Å². The molecule has 0 aliphatic carbocycles. The highest BCUT2D eigenvalue weighted by atomic mass is 35.5. The minimum Gasteiger partial charge on any atom is -0.380 e. The summed E-state index contributed by atoms with van der Waals surface area (Å²) in [5.41, 5.74) is 5.97. The van der Waals surface area contributed by atoms with E-state index in [0.717, 1.165) is 0 Å². The van der Waals surface area contributed by atoms with Crippen molar-refractivity contribution in [3.63, 3.8) is 0 Å². The molecule has 9 heteroatoms. The number of benzene rings is 2. The van der Waals surface area contributed by atoms with Crippen LogP contribution in [-0.4, -0.2) is 16.7 Å². The number of carbonyl (C=O) groups is 1. The van der Waals surface area contributed by atoms with Gasteiger partial charge in [0.15, 0.2) is 5.84 Å². The Morgan fingerprint density at radius 2 is 1.83 bits per heavy atom. The van der Waals surface area contributed by atoms with Gasteiger partial charge in [-0.15, -0.1) is 0 Å². The molecule has 0 saturated carbocycles. The topological polar surface area (TPSA) is 108 Å². The predicted molar refractivity (Wildman–Crippen MR) is 85.7 cm³/mol. The Balaban J connectivity index is 2.13. The number of carbonyl (C=O) groups excluding carboxylic acids is 1. The first kappa shape index (κ1) is 16.7. The molecule has 0 aromatic heterocycles. The van der Waals surface area contributed by atoms with E-state index in [9.17, 15) is 14.9 Å². The van der Waals surface area contributed by atoms with Gasteiger partial charge in [0.1, 0.15) is 0 Å². The fourth-order valence-corrected chi connectivity index (χ4v) is 1.97. The first-order valence-electron chi connectivity index (χ1n) is 6.13. The van der Waals surface area contributed by atoms with Crippen LogP contribution in [0.15, 0.2) is 47.6 Å². The fraction of sp³-hybridized carbons (Fsp3) is 0. The highest BCUT2D eigenvalue weighted by molar-refractivity contribution is 6.35. The molecule has 0 aliphatic rings. The predicted octanol–water partition coefficient (Wildman–Crippen LogP) is 3.38. The van der Waals surface area contributed by atoms with E-state index in [1.54, 1.807) is 0 Å². The minimum atomic E-state index is -0.831. The van der Waals surface area contributed by atoms with Gasteiger partial charge >= 0.3 is 5.97 Å². The summed E-state index contributed by atoms with van der Waals surface area (Å²) in [6.45, 7) is 0. The van der Waals surface area contributed by atoms with Gasteiger partial charge < -0.3 is 10.6 Å². The number of oxime groups is 1. The van der Waals surface area contributed by atoms with E-state index in [1.807, 2.05) is 0 Å². The van der Waals surface area contributed by atoms with E-state index in [2.05, 4.69) is 5.16 Å². The lowest BCUT2D eigenvalue weighted by atomic mass is 10.2. The second kappa shape index (κ2) is 7.08. The normalized spacial score (nSPS) is 11.1. The van der Waals surface area contributed by atoms with Crippen LogP contribution >= 0.6 is 23.2 Å². The van der Waals surface area contributed by atoms with Crippen LogP contribution in [0.25, 0.3) is 0 Å². The first-order valence-corrected chi connectivity index (χ1v) is 6.89. The SMILES string of the molecule is N/C(=N\OC(=O)c1cc(Cl)ccc1Cl)c1ccc([N+](=O)[O-])cc1. The summed E-state index contributed by atoms with van der Waals surface area (Å²) in [5, 5.41) is 14.5. The lowest BCUT2D eigenvalue weighted by Gasteiger charge is -2.03. The molecular formula is C14H9Cl2N3O4. The minimum absolute atomic E-state index is 0.0411. The van der Waals surface area contributed by atoms with Crippen molar-refractivity contribution >= 4 is 40.7 Å². The zero-order valence-corrected chi connectivity index (χ0v) is 12.9. The zero-order chi connectivity index (χ0) is 17.0. The van der Waals surface area contributed by atoms with Gasteiger partial charge in [-0.05, 0) is 30.3 Å². The number of nitrogens with zero attached hydrogens (tertiary/aromatic N) is 2. The van der Waals surface area contributed by atoms with Gasteiger partial charge in [-0.1, -0.05) is 28.4 Å². The van der Waals surface area contributed by atoms with Crippen molar-refractivity contribution in [2.24, 2.45) is 10.9 Å². The lowest BCUT2D eigenvalue weighted by molar-refractivity contribution is -0.384.